The van der Waals surface area contributed by atoms with Crippen molar-refractivity contribution in [2.45, 2.75) is 30.2 Å². The fourth-order valence-corrected chi connectivity index (χ4v) is 3.95. The highest BCUT2D eigenvalue weighted by Crippen LogP contribution is 2.33. The zero-order valence-corrected chi connectivity index (χ0v) is 14.8. The third-order valence-corrected chi connectivity index (χ3v) is 5.03. The number of carbonyl (C=O) groups excluding carboxylic acids is 1. The second-order valence-corrected chi connectivity index (χ2v) is 6.74. The number of halogens is 2. The van der Waals surface area contributed by atoms with E-state index in [0.29, 0.717) is 33.3 Å². The van der Waals surface area contributed by atoms with Crippen molar-refractivity contribution in [3.8, 4) is 5.88 Å². The van der Waals surface area contributed by atoms with Gasteiger partial charge >= 0.3 is 0 Å². The number of ether oxygens (including phenoxy) is 2. The van der Waals surface area contributed by atoms with Gasteiger partial charge in [0.1, 0.15) is 0 Å². The van der Waals surface area contributed by atoms with Crippen LogP contribution in [0, 0.1) is 0 Å². The summed E-state index contributed by atoms with van der Waals surface area (Å²) in [6, 6.07) is 0. The second-order valence-electron chi connectivity index (χ2n) is 4.99. The molecule has 0 spiro atoms. The third kappa shape index (κ3) is 3.91. The van der Waals surface area contributed by atoms with Crippen LogP contribution >= 0.6 is 35.0 Å². The number of carbonyl (C=O) groups is 1. The fraction of sp³-hybridized carbons (Fsp3) is 0.333. The van der Waals surface area contributed by atoms with Crippen molar-refractivity contribution in [3.63, 3.8) is 0 Å². The molecule has 6 nitrogen and oxygen atoms in total. The highest BCUT2D eigenvalue weighted by atomic mass is 35.5. The van der Waals surface area contributed by atoms with Gasteiger partial charge in [-0.1, -0.05) is 35.0 Å². The number of rotatable bonds is 7. The van der Waals surface area contributed by atoms with E-state index in [1.165, 1.54) is 11.8 Å². The minimum absolute atomic E-state index is 0.168. The van der Waals surface area contributed by atoms with E-state index in [-0.39, 0.29) is 6.79 Å². The van der Waals surface area contributed by atoms with Crippen LogP contribution in [0.25, 0.3) is 0 Å². The molecule has 0 bridgehead atoms. The average Bonchev–Trinajstić information content (AvgIpc) is 3.03. The molecular weight excluding hydrogens is 373 g/mol. The van der Waals surface area contributed by atoms with Crippen LogP contribution in [0.15, 0.2) is 17.6 Å². The largest absolute Gasteiger partial charge is 0.440 e. The van der Waals surface area contributed by atoms with Crippen LogP contribution in [0.5, 0.6) is 5.88 Å². The van der Waals surface area contributed by atoms with Crippen molar-refractivity contribution < 1.29 is 14.3 Å². The van der Waals surface area contributed by atoms with Crippen LogP contribution < -0.4 is 4.74 Å². The summed E-state index contributed by atoms with van der Waals surface area (Å²) >= 11 is 13.7. The lowest BCUT2D eigenvalue weighted by molar-refractivity contribution is -0.134. The van der Waals surface area contributed by atoms with Crippen LogP contribution in [0.3, 0.4) is 0 Å². The molecule has 0 N–H and O–H groups in total. The van der Waals surface area contributed by atoms with Gasteiger partial charge in [-0.25, -0.2) is 4.98 Å². The second kappa shape index (κ2) is 8.00. The Morgan fingerprint density at radius 3 is 2.75 bits per heavy atom. The van der Waals surface area contributed by atoms with Gasteiger partial charge in [-0.05, 0) is 19.3 Å². The zero-order chi connectivity index (χ0) is 16.9. The van der Waals surface area contributed by atoms with Crippen molar-refractivity contribution in [1.29, 1.82) is 0 Å². The topological polar surface area (TPSA) is 74.2 Å². The lowest BCUT2D eigenvalue weighted by atomic mass is 10.2. The highest BCUT2D eigenvalue weighted by Gasteiger charge is 2.21. The normalized spacial score (nSPS) is 12.8. The monoisotopic (exact) mass is 385 g/mol. The van der Waals surface area contributed by atoms with E-state index in [1.54, 1.807) is 12.4 Å². The van der Waals surface area contributed by atoms with Crippen LogP contribution in [0.1, 0.15) is 23.2 Å². The van der Waals surface area contributed by atoms with Crippen LogP contribution in [-0.4, -0.2) is 28.2 Å². The number of nitrogens with zero attached hydrogens (tertiary/aromatic N) is 3. The van der Waals surface area contributed by atoms with E-state index >= 15 is 0 Å². The average molecular weight is 386 g/mol. The minimum Gasteiger partial charge on any atom is -0.440 e. The molecule has 0 unspecified atom stereocenters. The number of hydrogen-bond donors (Lipinski definition) is 0. The molecule has 3 rings (SSSR count). The molecule has 0 atom stereocenters. The van der Waals surface area contributed by atoms with Crippen molar-refractivity contribution in [3.05, 3.63) is 39.3 Å². The van der Waals surface area contributed by atoms with Gasteiger partial charge < -0.3 is 9.47 Å². The Hall–Kier alpha value is -1.57. The third-order valence-electron chi connectivity index (χ3n) is 3.50. The SMILES string of the molecule is O=COCOc1nc(SCc2c(Cl)cncc2Cl)nc2c1CCC2. The molecule has 1 aliphatic rings. The maximum Gasteiger partial charge on any atom is 0.295 e. The first-order chi connectivity index (χ1) is 11.7. The quantitative estimate of drug-likeness (QED) is 0.237. The van der Waals surface area contributed by atoms with Gasteiger partial charge in [-0.3, -0.25) is 9.78 Å². The predicted molar refractivity (Wildman–Crippen MR) is 90.5 cm³/mol. The maximum absolute atomic E-state index is 10.2. The van der Waals surface area contributed by atoms with Crippen molar-refractivity contribution in [1.82, 2.24) is 15.0 Å². The molecule has 9 heteroatoms. The predicted octanol–water partition coefficient (Wildman–Crippen LogP) is 3.47. The first-order valence-electron chi connectivity index (χ1n) is 7.17. The molecule has 0 fully saturated rings. The van der Waals surface area contributed by atoms with Crippen molar-refractivity contribution in [2.24, 2.45) is 0 Å². The molecule has 126 valence electrons. The minimum atomic E-state index is -0.168. The van der Waals surface area contributed by atoms with Gasteiger partial charge in [0.2, 0.25) is 12.7 Å². The highest BCUT2D eigenvalue weighted by molar-refractivity contribution is 7.98. The molecule has 0 saturated carbocycles. The Balaban J connectivity index is 1.78. The van der Waals surface area contributed by atoms with E-state index in [0.717, 1.165) is 36.1 Å². The first-order valence-corrected chi connectivity index (χ1v) is 8.91. The molecule has 0 aromatic carbocycles. The molecule has 2 heterocycles. The van der Waals surface area contributed by atoms with Crippen molar-refractivity contribution in [2.75, 3.05) is 6.79 Å². The first kappa shape index (κ1) is 17.3. The van der Waals surface area contributed by atoms with Crippen LogP contribution in [0.2, 0.25) is 10.0 Å². The smallest absolute Gasteiger partial charge is 0.295 e. The Bertz CT molecular complexity index is 741. The van der Waals surface area contributed by atoms with Gasteiger partial charge in [-0.15, -0.1) is 0 Å². The van der Waals surface area contributed by atoms with E-state index in [9.17, 15) is 4.79 Å². The number of hydrogen-bond acceptors (Lipinski definition) is 7. The van der Waals surface area contributed by atoms with Gasteiger partial charge in [-0.2, -0.15) is 4.98 Å². The number of aryl methyl sites for hydroxylation is 1. The molecule has 2 aromatic rings. The molecule has 2 aromatic heterocycles. The molecule has 0 saturated heterocycles. The summed E-state index contributed by atoms with van der Waals surface area (Å²) in [7, 11) is 0. The number of pyridine rings is 1. The molecule has 24 heavy (non-hydrogen) atoms. The summed E-state index contributed by atoms with van der Waals surface area (Å²) in [5, 5.41) is 1.58. The summed E-state index contributed by atoms with van der Waals surface area (Å²) in [5.41, 5.74) is 2.74. The number of fused-ring (bicyclic) bond motifs is 1. The molecular formula is C15H13Cl2N3O3S. The molecule has 0 aliphatic heterocycles. The van der Waals surface area contributed by atoms with E-state index in [1.807, 2.05) is 0 Å². The van der Waals surface area contributed by atoms with Crippen molar-refractivity contribution >= 4 is 41.4 Å². The van der Waals surface area contributed by atoms with E-state index < -0.39 is 0 Å². The summed E-state index contributed by atoms with van der Waals surface area (Å²) in [6.07, 6.45) is 5.85. The maximum atomic E-state index is 10.2. The summed E-state index contributed by atoms with van der Waals surface area (Å²) < 4.78 is 10.0. The number of aromatic nitrogens is 3. The Morgan fingerprint density at radius 2 is 2.00 bits per heavy atom. The Labute approximate surface area is 152 Å². The molecule has 0 radical (unpaired) electrons. The summed E-state index contributed by atoms with van der Waals surface area (Å²) in [4.78, 5) is 23.2. The summed E-state index contributed by atoms with van der Waals surface area (Å²) in [5.74, 6) is 0.984. The zero-order valence-electron chi connectivity index (χ0n) is 12.5. The molecule has 1 aliphatic carbocycles. The van der Waals surface area contributed by atoms with Gasteiger partial charge in [0.15, 0.2) is 5.16 Å². The van der Waals surface area contributed by atoms with E-state index in [4.69, 9.17) is 27.9 Å². The van der Waals surface area contributed by atoms with Gasteiger partial charge in [0.25, 0.3) is 6.47 Å². The lowest BCUT2D eigenvalue weighted by Crippen LogP contribution is -2.07. The van der Waals surface area contributed by atoms with Crippen LogP contribution in [-0.2, 0) is 28.1 Å². The van der Waals surface area contributed by atoms with Gasteiger partial charge in [0.05, 0.1) is 15.7 Å². The molecule has 0 amide bonds. The summed E-state index contributed by atoms with van der Waals surface area (Å²) in [6.45, 7) is 0.170. The number of thioether (sulfide) groups is 1. The van der Waals surface area contributed by atoms with E-state index in [2.05, 4.69) is 19.7 Å². The Morgan fingerprint density at radius 1 is 1.21 bits per heavy atom. The van der Waals surface area contributed by atoms with Crippen LogP contribution in [0.4, 0.5) is 0 Å². The standard InChI is InChI=1S/C15H13Cl2N3O3S/c16-11-4-18-5-12(17)10(11)6-24-15-19-13-3-1-2-9(13)14(20-15)23-8-22-7-21/h4-5,7H,1-3,6,8H2. The lowest BCUT2D eigenvalue weighted by Gasteiger charge is -2.11. The van der Waals surface area contributed by atoms with Gasteiger partial charge in [0, 0.05) is 29.3 Å². The fourth-order valence-electron chi connectivity index (χ4n) is 2.39. The Kier molecular flexibility index (Phi) is 5.76.